The number of carbonyl (C=O) groups excluding carboxylic acids is 1. The van der Waals surface area contributed by atoms with Crippen molar-refractivity contribution in [2.24, 2.45) is 23.7 Å². The Morgan fingerprint density at radius 3 is 2.00 bits per heavy atom. The van der Waals surface area contributed by atoms with E-state index < -0.39 is 28.9 Å². The average molecular weight is 418 g/mol. The van der Waals surface area contributed by atoms with Crippen LogP contribution in [0.5, 0.6) is 5.75 Å². The van der Waals surface area contributed by atoms with E-state index in [2.05, 4.69) is 6.92 Å². The number of benzene rings is 1. The summed E-state index contributed by atoms with van der Waals surface area (Å²) in [5, 5.41) is 8.74. The van der Waals surface area contributed by atoms with Crippen molar-refractivity contribution < 1.29 is 18.3 Å². The summed E-state index contributed by atoms with van der Waals surface area (Å²) >= 11 is 0. The van der Waals surface area contributed by atoms with Crippen molar-refractivity contribution in [1.82, 2.24) is 0 Å². The first-order valence-electron chi connectivity index (χ1n) is 11.6. The molecule has 0 amide bonds. The smallest absolute Gasteiger partial charge is 0.314 e. The van der Waals surface area contributed by atoms with Crippen LogP contribution in [0.25, 0.3) is 0 Å². The van der Waals surface area contributed by atoms with E-state index in [9.17, 15) is 13.6 Å². The Morgan fingerprint density at radius 2 is 1.47 bits per heavy atom. The van der Waals surface area contributed by atoms with Gasteiger partial charge in [-0.15, -0.1) is 0 Å². The van der Waals surface area contributed by atoms with Crippen LogP contribution in [0.15, 0.2) is 12.1 Å². The molecule has 0 unspecified atom stereocenters. The Kier molecular flexibility index (Phi) is 8.24. The van der Waals surface area contributed by atoms with Crippen LogP contribution in [0.3, 0.4) is 0 Å². The zero-order valence-corrected chi connectivity index (χ0v) is 18.0. The molecule has 0 saturated heterocycles. The second-order valence-corrected chi connectivity index (χ2v) is 9.24. The number of rotatable bonds is 7. The highest BCUT2D eigenvalue weighted by molar-refractivity contribution is 5.75. The highest BCUT2D eigenvalue weighted by Crippen LogP contribution is 2.38. The van der Waals surface area contributed by atoms with Crippen LogP contribution in [0, 0.1) is 46.6 Å². The number of nitrogens with zero attached hydrogens (tertiary/aromatic N) is 1. The predicted octanol–water partition coefficient (Wildman–Crippen LogP) is 6.93. The summed E-state index contributed by atoms with van der Waals surface area (Å²) in [7, 11) is 0. The maximum atomic E-state index is 14.0. The van der Waals surface area contributed by atoms with Crippen LogP contribution >= 0.6 is 0 Å². The molecule has 1 aromatic carbocycles. The highest BCUT2D eigenvalue weighted by Gasteiger charge is 2.29. The topological polar surface area (TPSA) is 50.1 Å². The van der Waals surface area contributed by atoms with Gasteiger partial charge in [0.1, 0.15) is 6.07 Å². The molecule has 0 aromatic heterocycles. The lowest BCUT2D eigenvalue weighted by molar-refractivity contribution is -0.140. The molecule has 2 aliphatic rings. The van der Waals surface area contributed by atoms with Gasteiger partial charge in [-0.25, -0.2) is 4.39 Å². The summed E-state index contributed by atoms with van der Waals surface area (Å²) < 4.78 is 32.8. The Labute approximate surface area is 178 Å². The SMILES string of the molecule is CCC[C@H]1CC[C@H](CCC2CCC(C(=O)Oc3ccc(C#N)c(F)c3F)CC2)CC1. The van der Waals surface area contributed by atoms with Gasteiger partial charge < -0.3 is 4.74 Å². The number of esters is 1. The van der Waals surface area contributed by atoms with Gasteiger partial charge in [0.05, 0.1) is 11.5 Å². The van der Waals surface area contributed by atoms with E-state index in [1.807, 2.05) is 0 Å². The number of hydrogen-bond donors (Lipinski definition) is 0. The first-order valence-corrected chi connectivity index (χ1v) is 11.6. The molecule has 2 aliphatic carbocycles. The normalized spacial score (nSPS) is 26.7. The van der Waals surface area contributed by atoms with Crippen molar-refractivity contribution in [2.45, 2.75) is 84.0 Å². The second-order valence-electron chi connectivity index (χ2n) is 9.24. The molecule has 0 radical (unpaired) electrons. The third-order valence-corrected chi connectivity index (χ3v) is 7.20. The highest BCUT2D eigenvalue weighted by atomic mass is 19.2. The number of nitriles is 1. The molecule has 3 nitrogen and oxygen atoms in total. The van der Waals surface area contributed by atoms with E-state index in [1.165, 1.54) is 51.4 Å². The monoisotopic (exact) mass is 417 g/mol. The molecule has 164 valence electrons. The third kappa shape index (κ3) is 5.80. The van der Waals surface area contributed by atoms with E-state index in [0.717, 1.165) is 49.7 Å². The molecule has 0 atom stereocenters. The van der Waals surface area contributed by atoms with Gasteiger partial charge in [0.2, 0.25) is 5.82 Å². The van der Waals surface area contributed by atoms with Crippen molar-refractivity contribution in [3.63, 3.8) is 0 Å². The van der Waals surface area contributed by atoms with E-state index in [4.69, 9.17) is 10.00 Å². The standard InChI is InChI=1S/C25H33F2NO2/c1-2-3-17-4-6-18(7-5-17)8-9-19-10-12-20(13-11-19)25(29)30-22-15-14-21(16-28)23(26)24(22)27/h14-15,17-20H,2-13H2,1H3/t17-,18-,19?,20?. The van der Waals surface area contributed by atoms with Crippen LogP contribution in [0.4, 0.5) is 8.78 Å². The number of hydrogen-bond acceptors (Lipinski definition) is 3. The molecular formula is C25H33F2NO2. The minimum Gasteiger partial charge on any atom is -0.423 e. The predicted molar refractivity (Wildman–Crippen MR) is 112 cm³/mol. The van der Waals surface area contributed by atoms with Gasteiger partial charge in [-0.3, -0.25) is 4.79 Å². The summed E-state index contributed by atoms with van der Waals surface area (Å²) in [6.07, 6.45) is 14.2. The van der Waals surface area contributed by atoms with Crippen molar-refractivity contribution in [3.05, 3.63) is 29.3 Å². The Bertz CT molecular complexity index is 757. The Hall–Kier alpha value is -1.96. The molecule has 30 heavy (non-hydrogen) atoms. The Morgan fingerprint density at radius 1 is 0.933 bits per heavy atom. The molecule has 2 fully saturated rings. The molecule has 0 spiro atoms. The van der Waals surface area contributed by atoms with Crippen LogP contribution in [0.2, 0.25) is 0 Å². The molecule has 3 rings (SSSR count). The molecular weight excluding hydrogens is 384 g/mol. The van der Waals surface area contributed by atoms with Crippen molar-refractivity contribution in [1.29, 1.82) is 5.26 Å². The van der Waals surface area contributed by atoms with Gasteiger partial charge in [-0.1, -0.05) is 58.3 Å². The fourth-order valence-electron chi connectivity index (χ4n) is 5.26. The van der Waals surface area contributed by atoms with Gasteiger partial charge in [0.25, 0.3) is 0 Å². The summed E-state index contributed by atoms with van der Waals surface area (Å²) in [5.41, 5.74) is -0.397. The zero-order chi connectivity index (χ0) is 21.5. The molecule has 5 heteroatoms. The van der Waals surface area contributed by atoms with Crippen LogP contribution < -0.4 is 4.74 Å². The molecule has 0 aliphatic heterocycles. The first-order chi connectivity index (χ1) is 14.5. The lowest BCUT2D eigenvalue weighted by Gasteiger charge is -2.31. The fraction of sp³-hybridized carbons (Fsp3) is 0.680. The summed E-state index contributed by atoms with van der Waals surface area (Å²) in [6, 6.07) is 3.85. The van der Waals surface area contributed by atoms with E-state index >= 15 is 0 Å². The van der Waals surface area contributed by atoms with Gasteiger partial charge in [-0.2, -0.15) is 9.65 Å². The second kappa shape index (κ2) is 10.9. The lowest BCUT2D eigenvalue weighted by atomic mass is 9.75. The molecule has 2 saturated carbocycles. The van der Waals surface area contributed by atoms with Crippen LogP contribution in [-0.4, -0.2) is 5.97 Å². The largest absolute Gasteiger partial charge is 0.423 e. The fourth-order valence-corrected chi connectivity index (χ4v) is 5.26. The van der Waals surface area contributed by atoms with E-state index in [-0.39, 0.29) is 5.92 Å². The van der Waals surface area contributed by atoms with E-state index in [1.54, 1.807) is 6.07 Å². The van der Waals surface area contributed by atoms with Crippen molar-refractivity contribution in [2.75, 3.05) is 0 Å². The van der Waals surface area contributed by atoms with Gasteiger partial charge in [0.15, 0.2) is 11.6 Å². The average Bonchev–Trinajstić information content (AvgIpc) is 2.77. The van der Waals surface area contributed by atoms with Crippen LogP contribution in [-0.2, 0) is 4.79 Å². The minimum absolute atomic E-state index is 0.260. The van der Waals surface area contributed by atoms with Gasteiger partial charge in [-0.05, 0) is 55.6 Å². The molecule has 0 bridgehead atoms. The zero-order valence-electron chi connectivity index (χ0n) is 18.0. The molecule has 0 heterocycles. The van der Waals surface area contributed by atoms with Crippen molar-refractivity contribution in [3.8, 4) is 11.8 Å². The third-order valence-electron chi connectivity index (χ3n) is 7.20. The quantitative estimate of drug-likeness (QED) is 0.357. The van der Waals surface area contributed by atoms with E-state index in [0.29, 0.717) is 5.92 Å². The molecule has 1 aromatic rings. The number of halogens is 2. The van der Waals surface area contributed by atoms with Gasteiger partial charge >= 0.3 is 5.97 Å². The maximum Gasteiger partial charge on any atom is 0.314 e. The summed E-state index contributed by atoms with van der Waals surface area (Å²) in [4.78, 5) is 12.4. The lowest BCUT2D eigenvalue weighted by Crippen LogP contribution is -2.26. The first kappa shape index (κ1) is 22.7. The van der Waals surface area contributed by atoms with Crippen molar-refractivity contribution >= 4 is 5.97 Å². The molecule has 0 N–H and O–H groups in total. The number of carbonyl (C=O) groups is 1. The van der Waals surface area contributed by atoms with Crippen LogP contribution in [0.1, 0.15) is 89.5 Å². The van der Waals surface area contributed by atoms with Gasteiger partial charge in [0, 0.05) is 0 Å². The summed E-state index contributed by atoms with van der Waals surface area (Å²) in [6.45, 7) is 2.28. The number of ether oxygens (including phenoxy) is 1. The Balaban J connectivity index is 1.40. The maximum absolute atomic E-state index is 14.0. The minimum atomic E-state index is -1.27. The summed E-state index contributed by atoms with van der Waals surface area (Å²) in [5.74, 6) is -1.25.